The quantitative estimate of drug-likeness (QED) is 0.410. The molecule has 0 heterocycles. The second kappa shape index (κ2) is 10.1. The van der Waals surface area contributed by atoms with Gasteiger partial charge in [-0.3, -0.25) is 4.79 Å². The van der Waals surface area contributed by atoms with Gasteiger partial charge in [-0.15, -0.1) is 0 Å². The summed E-state index contributed by atoms with van der Waals surface area (Å²) in [6.45, 7) is 1.41. The highest BCUT2D eigenvalue weighted by Gasteiger charge is 2.32. The summed E-state index contributed by atoms with van der Waals surface area (Å²) in [5.74, 6) is -0.843. The first-order valence-corrected chi connectivity index (χ1v) is 12.1. The van der Waals surface area contributed by atoms with E-state index in [2.05, 4.69) is 0 Å². The lowest BCUT2D eigenvalue weighted by atomic mass is 9.93. The fraction of sp³-hybridized carbons (Fsp3) is 0.240. The molecule has 35 heavy (non-hydrogen) atoms. The lowest BCUT2D eigenvalue weighted by Crippen LogP contribution is -2.45. The SMILES string of the molecule is CC(N)(CCC(Oc1ccc(S(=O)(=O)c2cccc(C(F)(F)F)c2)cc1)c1ccccc1)C(=O)O. The first-order chi connectivity index (χ1) is 16.3. The maximum absolute atomic E-state index is 13.0. The fourth-order valence-corrected chi connectivity index (χ4v) is 4.64. The van der Waals surface area contributed by atoms with E-state index in [0.717, 1.165) is 23.8 Å². The number of carboxylic acids is 1. The van der Waals surface area contributed by atoms with Crippen LogP contribution >= 0.6 is 0 Å². The molecular formula is C25H24F3NO5S. The lowest BCUT2D eigenvalue weighted by molar-refractivity contribution is -0.143. The van der Waals surface area contributed by atoms with E-state index in [1.807, 2.05) is 18.2 Å². The fourth-order valence-electron chi connectivity index (χ4n) is 3.34. The Labute approximate surface area is 201 Å². The van der Waals surface area contributed by atoms with Gasteiger partial charge in [0.2, 0.25) is 9.84 Å². The van der Waals surface area contributed by atoms with E-state index in [4.69, 9.17) is 10.5 Å². The number of alkyl halides is 3. The number of carbonyl (C=O) groups is 1. The van der Waals surface area contributed by atoms with Crippen molar-refractivity contribution < 1.29 is 36.2 Å². The van der Waals surface area contributed by atoms with Crippen molar-refractivity contribution in [3.63, 3.8) is 0 Å². The Kier molecular flexibility index (Phi) is 7.56. The summed E-state index contributed by atoms with van der Waals surface area (Å²) in [7, 11) is -4.20. The molecule has 0 bridgehead atoms. The van der Waals surface area contributed by atoms with E-state index in [-0.39, 0.29) is 17.7 Å². The molecule has 0 aromatic heterocycles. The number of benzene rings is 3. The van der Waals surface area contributed by atoms with Gasteiger partial charge in [-0.1, -0.05) is 36.4 Å². The Balaban J connectivity index is 1.84. The van der Waals surface area contributed by atoms with Gasteiger partial charge in [-0.05, 0) is 67.8 Å². The van der Waals surface area contributed by atoms with Gasteiger partial charge in [-0.25, -0.2) is 8.42 Å². The third-order valence-corrected chi connectivity index (χ3v) is 7.24. The van der Waals surface area contributed by atoms with Crippen molar-refractivity contribution in [2.75, 3.05) is 0 Å². The van der Waals surface area contributed by atoms with Crippen molar-refractivity contribution in [2.24, 2.45) is 5.73 Å². The van der Waals surface area contributed by atoms with Crippen LogP contribution in [0.3, 0.4) is 0 Å². The van der Waals surface area contributed by atoms with E-state index in [1.54, 1.807) is 12.1 Å². The summed E-state index contributed by atoms with van der Waals surface area (Å²) < 4.78 is 70.8. The molecular weight excluding hydrogens is 483 g/mol. The number of ether oxygens (including phenoxy) is 1. The van der Waals surface area contributed by atoms with Crippen molar-refractivity contribution in [3.05, 3.63) is 90.0 Å². The Bertz CT molecular complexity index is 1270. The smallest absolute Gasteiger partial charge is 0.416 e. The molecule has 3 N–H and O–H groups in total. The molecule has 186 valence electrons. The number of nitrogens with two attached hydrogens (primary N) is 1. The van der Waals surface area contributed by atoms with Crippen LogP contribution in [-0.4, -0.2) is 25.0 Å². The molecule has 3 rings (SSSR count). The number of hydrogen-bond donors (Lipinski definition) is 2. The number of sulfone groups is 1. The van der Waals surface area contributed by atoms with Gasteiger partial charge in [0.15, 0.2) is 0 Å². The van der Waals surface area contributed by atoms with Gasteiger partial charge in [-0.2, -0.15) is 13.2 Å². The number of aliphatic carboxylic acids is 1. The van der Waals surface area contributed by atoms with Crippen LogP contribution in [0.4, 0.5) is 13.2 Å². The van der Waals surface area contributed by atoms with Gasteiger partial charge in [0.25, 0.3) is 0 Å². The first-order valence-electron chi connectivity index (χ1n) is 10.6. The minimum atomic E-state index is -4.67. The lowest BCUT2D eigenvalue weighted by Gasteiger charge is -2.24. The molecule has 3 aromatic carbocycles. The standard InChI is InChI=1S/C25H24F3NO5S/c1-24(29,23(30)31)15-14-22(17-6-3-2-4-7-17)34-19-10-12-20(13-11-19)35(32,33)21-9-5-8-18(16-21)25(26,27)28/h2-13,16,22H,14-15,29H2,1H3,(H,30,31). The highest BCUT2D eigenvalue weighted by atomic mass is 32.2. The van der Waals surface area contributed by atoms with Crippen LogP contribution in [0.5, 0.6) is 5.75 Å². The number of rotatable bonds is 9. The predicted molar refractivity (Wildman–Crippen MR) is 123 cm³/mol. The molecule has 0 saturated heterocycles. The predicted octanol–water partition coefficient (Wildman–Crippen LogP) is 5.24. The summed E-state index contributed by atoms with van der Waals surface area (Å²) in [5.41, 5.74) is 4.10. The van der Waals surface area contributed by atoms with E-state index in [9.17, 15) is 31.5 Å². The number of halogens is 3. The zero-order valence-electron chi connectivity index (χ0n) is 18.7. The van der Waals surface area contributed by atoms with E-state index < -0.39 is 44.1 Å². The molecule has 0 aliphatic rings. The van der Waals surface area contributed by atoms with Crippen LogP contribution in [0.2, 0.25) is 0 Å². The summed E-state index contributed by atoms with van der Waals surface area (Å²) >= 11 is 0. The van der Waals surface area contributed by atoms with Crippen molar-refractivity contribution in [2.45, 2.75) is 47.4 Å². The topological polar surface area (TPSA) is 107 Å². The molecule has 0 aliphatic heterocycles. The van der Waals surface area contributed by atoms with Crippen LogP contribution in [0.1, 0.15) is 37.0 Å². The molecule has 0 amide bonds. The van der Waals surface area contributed by atoms with Crippen LogP contribution in [0.25, 0.3) is 0 Å². The molecule has 6 nitrogen and oxygen atoms in total. The minimum absolute atomic E-state index is 0.115. The highest BCUT2D eigenvalue weighted by Crippen LogP contribution is 2.33. The van der Waals surface area contributed by atoms with E-state index in [0.29, 0.717) is 11.8 Å². The van der Waals surface area contributed by atoms with Gasteiger partial charge in [0.1, 0.15) is 17.4 Å². The van der Waals surface area contributed by atoms with E-state index >= 15 is 0 Å². The number of carboxylic acid groups (broad SMARTS) is 1. The highest BCUT2D eigenvalue weighted by molar-refractivity contribution is 7.91. The third-order valence-electron chi connectivity index (χ3n) is 5.47. The molecule has 3 aromatic rings. The van der Waals surface area contributed by atoms with Gasteiger partial charge in [0.05, 0.1) is 15.4 Å². The van der Waals surface area contributed by atoms with Crippen molar-refractivity contribution in [1.29, 1.82) is 0 Å². The van der Waals surface area contributed by atoms with Gasteiger partial charge < -0.3 is 15.6 Å². The first kappa shape index (κ1) is 26.2. The molecule has 0 spiro atoms. The minimum Gasteiger partial charge on any atom is -0.486 e. The Hall–Kier alpha value is -3.37. The number of hydrogen-bond acceptors (Lipinski definition) is 5. The average molecular weight is 508 g/mol. The zero-order valence-corrected chi connectivity index (χ0v) is 19.5. The Morgan fingerprint density at radius 2 is 1.60 bits per heavy atom. The van der Waals surface area contributed by atoms with Crippen molar-refractivity contribution >= 4 is 15.8 Å². The second-order valence-electron chi connectivity index (χ2n) is 8.28. The second-order valence-corrected chi connectivity index (χ2v) is 10.2. The molecule has 2 atom stereocenters. The monoisotopic (exact) mass is 507 g/mol. The van der Waals surface area contributed by atoms with Crippen molar-refractivity contribution in [3.8, 4) is 5.75 Å². The average Bonchev–Trinajstić information content (AvgIpc) is 2.82. The summed E-state index contributed by atoms with van der Waals surface area (Å²) in [4.78, 5) is 10.7. The van der Waals surface area contributed by atoms with Crippen molar-refractivity contribution in [1.82, 2.24) is 0 Å². The summed E-state index contributed by atoms with van der Waals surface area (Å²) in [6.07, 6.45) is -4.85. The Morgan fingerprint density at radius 1 is 0.971 bits per heavy atom. The Morgan fingerprint density at radius 3 is 2.17 bits per heavy atom. The summed E-state index contributed by atoms with van der Waals surface area (Å²) in [6, 6.07) is 17.9. The maximum atomic E-state index is 13.0. The molecule has 10 heteroatoms. The van der Waals surface area contributed by atoms with Crippen LogP contribution in [0, 0.1) is 0 Å². The largest absolute Gasteiger partial charge is 0.486 e. The molecule has 0 aliphatic carbocycles. The van der Waals surface area contributed by atoms with E-state index in [1.165, 1.54) is 31.2 Å². The third kappa shape index (κ3) is 6.40. The van der Waals surface area contributed by atoms with Gasteiger partial charge >= 0.3 is 12.1 Å². The van der Waals surface area contributed by atoms with Crippen LogP contribution in [-0.2, 0) is 20.8 Å². The molecule has 2 unspecified atom stereocenters. The molecule has 0 radical (unpaired) electrons. The van der Waals surface area contributed by atoms with Crippen LogP contribution < -0.4 is 10.5 Å². The zero-order chi connectivity index (χ0) is 25.9. The normalized spacial score (nSPS) is 14.7. The summed E-state index contributed by atoms with van der Waals surface area (Å²) in [5, 5.41) is 9.29. The maximum Gasteiger partial charge on any atom is 0.416 e. The van der Waals surface area contributed by atoms with Gasteiger partial charge in [0, 0.05) is 0 Å². The van der Waals surface area contributed by atoms with Crippen LogP contribution in [0.15, 0.2) is 88.7 Å². The molecule has 0 saturated carbocycles. The molecule has 0 fully saturated rings.